The van der Waals surface area contributed by atoms with Gasteiger partial charge in [-0.25, -0.2) is 0 Å². The first-order valence-corrected chi connectivity index (χ1v) is 6.42. The van der Waals surface area contributed by atoms with Crippen LogP contribution >= 0.6 is 11.3 Å². The Hall–Kier alpha value is -1.46. The zero-order valence-corrected chi connectivity index (χ0v) is 10.6. The van der Waals surface area contributed by atoms with Gasteiger partial charge in [-0.15, -0.1) is 10.2 Å². The van der Waals surface area contributed by atoms with E-state index in [2.05, 4.69) is 27.6 Å². The van der Waals surface area contributed by atoms with Gasteiger partial charge in [0.2, 0.25) is 5.13 Å². The smallest absolute Gasteiger partial charge is 0.205 e. The molecule has 1 aromatic carbocycles. The molecule has 1 unspecified atom stereocenters. The lowest BCUT2D eigenvalue weighted by atomic mass is 10.1. The van der Waals surface area contributed by atoms with E-state index in [4.69, 9.17) is 5.73 Å². The average Bonchev–Trinajstić information content (AvgIpc) is 2.76. The molecule has 1 atom stereocenters. The Morgan fingerprint density at radius 1 is 1.29 bits per heavy atom. The molecule has 0 radical (unpaired) electrons. The van der Waals surface area contributed by atoms with Crippen LogP contribution in [0.4, 0.5) is 5.13 Å². The van der Waals surface area contributed by atoms with E-state index >= 15 is 0 Å². The van der Waals surface area contributed by atoms with Crippen molar-refractivity contribution < 1.29 is 0 Å². The predicted molar refractivity (Wildman–Crippen MR) is 71.1 cm³/mol. The molecular formula is C12H16N4S. The van der Waals surface area contributed by atoms with E-state index < -0.39 is 0 Å². The summed E-state index contributed by atoms with van der Waals surface area (Å²) >= 11 is 1.56. The maximum atomic E-state index is 6.09. The summed E-state index contributed by atoms with van der Waals surface area (Å²) in [6.45, 7) is 2.75. The normalized spacial score (nSPS) is 12.4. The van der Waals surface area contributed by atoms with Crippen molar-refractivity contribution in [3.63, 3.8) is 0 Å². The third-order valence-electron chi connectivity index (χ3n) is 2.49. The monoisotopic (exact) mass is 248 g/mol. The minimum absolute atomic E-state index is 0.0673. The maximum absolute atomic E-state index is 6.09. The van der Waals surface area contributed by atoms with Crippen molar-refractivity contribution >= 4 is 16.5 Å². The molecule has 0 spiro atoms. The van der Waals surface area contributed by atoms with Crippen molar-refractivity contribution in [3.8, 4) is 0 Å². The predicted octanol–water partition coefficient (Wildman–Crippen LogP) is 2.35. The van der Waals surface area contributed by atoms with Gasteiger partial charge in [0.05, 0.1) is 0 Å². The van der Waals surface area contributed by atoms with E-state index in [1.807, 2.05) is 25.1 Å². The molecule has 1 aromatic heterocycles. The molecule has 4 nitrogen and oxygen atoms in total. The molecule has 0 amide bonds. The van der Waals surface area contributed by atoms with E-state index in [9.17, 15) is 0 Å². The first-order chi connectivity index (χ1) is 8.25. The first-order valence-electron chi connectivity index (χ1n) is 5.60. The highest BCUT2D eigenvalue weighted by molar-refractivity contribution is 7.15. The summed E-state index contributed by atoms with van der Waals surface area (Å²) in [6.07, 6.45) is 0.878. The van der Waals surface area contributed by atoms with Gasteiger partial charge < -0.3 is 11.1 Å². The van der Waals surface area contributed by atoms with Gasteiger partial charge in [-0.05, 0) is 18.9 Å². The zero-order chi connectivity index (χ0) is 12.1. The quantitative estimate of drug-likeness (QED) is 0.852. The molecule has 0 saturated carbocycles. The van der Waals surface area contributed by atoms with E-state index in [0.29, 0.717) is 0 Å². The largest absolute Gasteiger partial charge is 0.360 e. The molecular weight excluding hydrogens is 232 g/mol. The van der Waals surface area contributed by atoms with Crippen molar-refractivity contribution in [2.24, 2.45) is 5.73 Å². The first kappa shape index (κ1) is 12.0. The topological polar surface area (TPSA) is 63.8 Å². The molecule has 0 aliphatic heterocycles. The number of nitrogens with two attached hydrogens (primary N) is 1. The van der Waals surface area contributed by atoms with Crippen LogP contribution in [0.15, 0.2) is 30.3 Å². The lowest BCUT2D eigenvalue weighted by Gasteiger charge is -2.11. The zero-order valence-electron chi connectivity index (χ0n) is 9.76. The number of rotatable bonds is 5. The van der Waals surface area contributed by atoms with Crippen LogP contribution in [-0.2, 0) is 0 Å². The molecule has 3 N–H and O–H groups in total. The molecule has 0 aliphatic rings. The fourth-order valence-electron chi connectivity index (χ4n) is 1.57. The Morgan fingerprint density at radius 3 is 2.71 bits per heavy atom. The molecule has 90 valence electrons. The van der Waals surface area contributed by atoms with Crippen LogP contribution in [0.25, 0.3) is 0 Å². The van der Waals surface area contributed by atoms with Crippen molar-refractivity contribution in [1.82, 2.24) is 10.2 Å². The molecule has 0 aliphatic carbocycles. The summed E-state index contributed by atoms with van der Waals surface area (Å²) in [5.41, 5.74) is 7.26. The van der Waals surface area contributed by atoms with Crippen molar-refractivity contribution in [2.45, 2.75) is 19.4 Å². The minimum atomic E-state index is 0.0673. The summed E-state index contributed by atoms with van der Waals surface area (Å²) in [6, 6.07) is 10.2. The number of nitrogens with one attached hydrogen (secondary N) is 1. The molecule has 0 fully saturated rings. The number of hydrogen-bond acceptors (Lipinski definition) is 5. The fourth-order valence-corrected chi connectivity index (χ4v) is 2.19. The average molecular weight is 248 g/mol. The highest BCUT2D eigenvalue weighted by Crippen LogP contribution is 2.16. The summed E-state index contributed by atoms with van der Waals surface area (Å²) < 4.78 is 0. The van der Waals surface area contributed by atoms with Crippen molar-refractivity contribution in [3.05, 3.63) is 40.9 Å². The van der Waals surface area contributed by atoms with Crippen LogP contribution in [0, 0.1) is 6.92 Å². The number of anilines is 1. The number of nitrogens with zero attached hydrogens (tertiary/aromatic N) is 2. The standard InChI is InChI=1S/C12H16N4S/c1-9-15-16-12(17-9)14-8-7-11(13)10-5-3-2-4-6-10/h2-6,11H,7-8,13H2,1H3,(H,14,16). The van der Waals surface area contributed by atoms with Crippen molar-refractivity contribution in [2.75, 3.05) is 11.9 Å². The molecule has 17 heavy (non-hydrogen) atoms. The lowest BCUT2D eigenvalue weighted by molar-refractivity contribution is 0.674. The summed E-state index contributed by atoms with van der Waals surface area (Å²) in [4.78, 5) is 0. The Labute approximate surface area is 105 Å². The van der Waals surface area contributed by atoms with E-state index in [0.717, 1.165) is 23.1 Å². The van der Waals surface area contributed by atoms with Gasteiger partial charge in [-0.1, -0.05) is 41.7 Å². The molecule has 5 heteroatoms. The third-order valence-corrected chi connectivity index (χ3v) is 3.28. The Morgan fingerprint density at radius 2 is 2.06 bits per heavy atom. The number of hydrogen-bond donors (Lipinski definition) is 2. The Balaban J connectivity index is 1.79. The van der Waals surface area contributed by atoms with Gasteiger partial charge in [0.15, 0.2) is 0 Å². The molecule has 0 saturated heterocycles. The number of benzene rings is 1. The van der Waals surface area contributed by atoms with Crippen LogP contribution in [-0.4, -0.2) is 16.7 Å². The molecule has 0 bridgehead atoms. The van der Waals surface area contributed by atoms with Gasteiger partial charge in [-0.3, -0.25) is 0 Å². The fraction of sp³-hybridized carbons (Fsp3) is 0.333. The summed E-state index contributed by atoms with van der Waals surface area (Å²) in [7, 11) is 0. The van der Waals surface area contributed by atoms with Gasteiger partial charge in [0, 0.05) is 12.6 Å². The van der Waals surface area contributed by atoms with Crippen LogP contribution in [0.5, 0.6) is 0 Å². The second-order valence-electron chi connectivity index (χ2n) is 3.86. The summed E-state index contributed by atoms with van der Waals surface area (Å²) in [5.74, 6) is 0. The highest BCUT2D eigenvalue weighted by Gasteiger charge is 2.05. The van der Waals surface area contributed by atoms with Gasteiger partial charge in [-0.2, -0.15) is 0 Å². The SMILES string of the molecule is Cc1nnc(NCCC(N)c2ccccc2)s1. The van der Waals surface area contributed by atoms with Gasteiger partial charge in [0.25, 0.3) is 0 Å². The summed E-state index contributed by atoms with van der Waals surface area (Å²) in [5, 5.41) is 13.0. The molecule has 1 heterocycles. The highest BCUT2D eigenvalue weighted by atomic mass is 32.1. The van der Waals surface area contributed by atoms with Gasteiger partial charge in [0.1, 0.15) is 5.01 Å². The Bertz CT molecular complexity index is 455. The molecule has 2 aromatic rings. The molecule has 2 rings (SSSR count). The third kappa shape index (κ3) is 3.51. The van der Waals surface area contributed by atoms with Crippen molar-refractivity contribution in [1.29, 1.82) is 0 Å². The van der Waals surface area contributed by atoms with Crippen LogP contribution in [0.3, 0.4) is 0 Å². The van der Waals surface area contributed by atoms with Crippen LogP contribution in [0.2, 0.25) is 0 Å². The van der Waals surface area contributed by atoms with Crippen LogP contribution < -0.4 is 11.1 Å². The lowest BCUT2D eigenvalue weighted by Crippen LogP contribution is -2.15. The second-order valence-corrected chi connectivity index (χ2v) is 5.04. The van der Waals surface area contributed by atoms with E-state index in [-0.39, 0.29) is 6.04 Å². The second kappa shape index (κ2) is 5.75. The maximum Gasteiger partial charge on any atom is 0.205 e. The van der Waals surface area contributed by atoms with E-state index in [1.54, 1.807) is 11.3 Å². The van der Waals surface area contributed by atoms with E-state index in [1.165, 1.54) is 5.56 Å². The number of aromatic nitrogens is 2. The number of aryl methyl sites for hydroxylation is 1. The Kier molecular flexibility index (Phi) is 4.06. The minimum Gasteiger partial charge on any atom is -0.360 e. The van der Waals surface area contributed by atoms with Crippen LogP contribution in [0.1, 0.15) is 23.0 Å². The van der Waals surface area contributed by atoms with Gasteiger partial charge >= 0.3 is 0 Å².